The van der Waals surface area contributed by atoms with Gasteiger partial charge < -0.3 is 15.1 Å². The van der Waals surface area contributed by atoms with E-state index in [1.165, 1.54) is 28.8 Å². The molecule has 0 radical (unpaired) electrons. The van der Waals surface area contributed by atoms with Gasteiger partial charge in [0.2, 0.25) is 11.8 Å². The summed E-state index contributed by atoms with van der Waals surface area (Å²) in [4.78, 5) is 49.8. The van der Waals surface area contributed by atoms with E-state index in [2.05, 4.69) is 20.6 Å². The van der Waals surface area contributed by atoms with Crippen molar-refractivity contribution in [2.75, 3.05) is 0 Å². The highest BCUT2D eigenvalue weighted by Gasteiger charge is 2.43. The summed E-state index contributed by atoms with van der Waals surface area (Å²) in [5, 5.41) is 5.45. The van der Waals surface area contributed by atoms with E-state index in [0.717, 1.165) is 5.56 Å². The molecule has 11 heteroatoms. The van der Waals surface area contributed by atoms with Crippen LogP contribution in [0.15, 0.2) is 81.3 Å². The molecule has 2 aliphatic rings. The molecule has 0 saturated heterocycles. The van der Waals surface area contributed by atoms with Crippen LogP contribution in [0.1, 0.15) is 36.7 Å². The number of hydrogen-bond acceptors (Lipinski definition) is 7. The Hall–Kier alpha value is -4.25. The van der Waals surface area contributed by atoms with Crippen molar-refractivity contribution in [2.45, 2.75) is 44.1 Å². The smallest absolute Gasteiger partial charge is 0.259 e. The van der Waals surface area contributed by atoms with Crippen LogP contribution in [0.5, 0.6) is 0 Å². The second-order valence-corrected chi connectivity index (χ2v) is 10.1. The van der Waals surface area contributed by atoms with Gasteiger partial charge >= 0.3 is 0 Å². The quantitative estimate of drug-likeness (QED) is 0.421. The fourth-order valence-corrected chi connectivity index (χ4v) is 5.26. The van der Waals surface area contributed by atoms with Crippen LogP contribution in [0.4, 0.5) is 10.1 Å². The Labute approximate surface area is 228 Å². The van der Waals surface area contributed by atoms with Gasteiger partial charge in [-0.3, -0.25) is 19.4 Å². The van der Waals surface area contributed by atoms with Gasteiger partial charge in [-0.15, -0.1) is 0 Å². The number of carbonyl (C=O) groups is 3. The molecule has 5 rings (SSSR count). The molecule has 0 fully saturated rings. The Balaban J connectivity index is 1.30. The lowest BCUT2D eigenvalue weighted by Gasteiger charge is -2.27. The summed E-state index contributed by atoms with van der Waals surface area (Å²) in [6.07, 6.45) is 1.89. The van der Waals surface area contributed by atoms with E-state index >= 15 is 0 Å². The molecule has 0 bridgehead atoms. The van der Waals surface area contributed by atoms with E-state index in [-0.39, 0.29) is 43.0 Å². The maximum absolute atomic E-state index is 13.5. The third-order valence-electron chi connectivity index (χ3n) is 6.26. The zero-order chi connectivity index (χ0) is 27.4. The molecule has 2 aliphatic heterocycles. The Bertz CT molecular complexity index is 1440. The molecule has 2 N–H and O–H groups in total. The number of rotatable bonds is 9. The Kier molecular flexibility index (Phi) is 7.87. The van der Waals surface area contributed by atoms with Crippen LogP contribution in [0, 0.1) is 5.82 Å². The normalized spacial score (nSPS) is 16.6. The Morgan fingerprint density at radius 3 is 2.62 bits per heavy atom. The molecule has 3 aromatic rings. The standard InChI is InChI=1S/C28H26FN5O4S/c1-2-23(26(36)31-16-19-6-5-13-38-19)39-28-33-21-8-4-3-7-20(21)25-32-22(27(37)34(25)28)14-24(35)30-15-17-9-11-18(29)12-10-17/h3-13,22-23H,2,14-16H2,1H3,(H,30,35)(H,31,36)/t22-,23-/m1/s1. The molecule has 0 unspecified atom stereocenters. The molecule has 3 amide bonds. The van der Waals surface area contributed by atoms with Gasteiger partial charge in [0.15, 0.2) is 5.17 Å². The van der Waals surface area contributed by atoms with E-state index in [9.17, 15) is 18.8 Å². The van der Waals surface area contributed by atoms with E-state index in [0.29, 0.717) is 34.4 Å². The minimum atomic E-state index is -0.932. The molecule has 200 valence electrons. The molecule has 1 aromatic heterocycles. The maximum Gasteiger partial charge on any atom is 0.259 e. The summed E-state index contributed by atoms with van der Waals surface area (Å²) < 4.78 is 18.4. The number of nitrogens with zero attached hydrogens (tertiary/aromatic N) is 3. The molecule has 0 saturated carbocycles. The van der Waals surface area contributed by atoms with Crippen LogP contribution in [-0.2, 0) is 27.5 Å². The van der Waals surface area contributed by atoms with Crippen molar-refractivity contribution in [1.82, 2.24) is 15.5 Å². The summed E-state index contributed by atoms with van der Waals surface area (Å²) >= 11 is 1.18. The second-order valence-electron chi connectivity index (χ2n) is 8.97. The lowest BCUT2D eigenvalue weighted by molar-refractivity contribution is -0.128. The van der Waals surface area contributed by atoms with Gasteiger partial charge in [0.05, 0.1) is 30.2 Å². The van der Waals surface area contributed by atoms with Crippen molar-refractivity contribution >= 4 is 46.2 Å². The minimum absolute atomic E-state index is 0.152. The molecular formula is C28H26FN5O4S. The largest absolute Gasteiger partial charge is 0.467 e. The highest BCUT2D eigenvalue weighted by atomic mass is 32.2. The van der Waals surface area contributed by atoms with E-state index in [1.807, 2.05) is 31.2 Å². The maximum atomic E-state index is 13.5. The Morgan fingerprint density at radius 2 is 1.87 bits per heavy atom. The van der Waals surface area contributed by atoms with Gasteiger partial charge in [0, 0.05) is 12.1 Å². The fraction of sp³-hybridized carbons (Fsp3) is 0.250. The molecule has 39 heavy (non-hydrogen) atoms. The van der Waals surface area contributed by atoms with Gasteiger partial charge in [0.25, 0.3) is 5.91 Å². The summed E-state index contributed by atoms with van der Waals surface area (Å²) in [5.41, 5.74) is 2.05. The van der Waals surface area contributed by atoms with Crippen LogP contribution in [0.3, 0.4) is 0 Å². The highest BCUT2D eigenvalue weighted by Crippen LogP contribution is 2.35. The number of aliphatic imine (C=N–C) groups is 2. The number of fused-ring (bicyclic) bond motifs is 3. The summed E-state index contributed by atoms with van der Waals surface area (Å²) in [7, 11) is 0. The number of amidine groups is 2. The predicted molar refractivity (Wildman–Crippen MR) is 146 cm³/mol. The summed E-state index contributed by atoms with van der Waals surface area (Å²) in [6, 6.07) is 15.7. The van der Waals surface area contributed by atoms with Gasteiger partial charge in [-0.1, -0.05) is 43.0 Å². The number of benzene rings is 2. The van der Waals surface area contributed by atoms with Crippen molar-refractivity contribution in [1.29, 1.82) is 0 Å². The number of hydrogen-bond donors (Lipinski definition) is 2. The van der Waals surface area contributed by atoms with Crippen molar-refractivity contribution in [2.24, 2.45) is 9.98 Å². The van der Waals surface area contributed by atoms with Gasteiger partial charge in [-0.05, 0) is 48.4 Å². The monoisotopic (exact) mass is 547 g/mol. The van der Waals surface area contributed by atoms with Gasteiger partial charge in [-0.2, -0.15) is 0 Å². The van der Waals surface area contributed by atoms with Crippen molar-refractivity contribution in [3.63, 3.8) is 0 Å². The van der Waals surface area contributed by atoms with E-state index < -0.39 is 11.3 Å². The number of furan rings is 1. The average molecular weight is 548 g/mol. The average Bonchev–Trinajstić information content (AvgIpc) is 3.58. The van der Waals surface area contributed by atoms with Crippen LogP contribution in [-0.4, -0.2) is 44.9 Å². The second kappa shape index (κ2) is 11.6. The molecule has 9 nitrogen and oxygen atoms in total. The molecule has 0 spiro atoms. The summed E-state index contributed by atoms with van der Waals surface area (Å²) in [6.45, 7) is 2.34. The zero-order valence-corrected chi connectivity index (χ0v) is 21.9. The number of carbonyl (C=O) groups excluding carboxylic acids is 3. The first-order valence-corrected chi connectivity index (χ1v) is 13.4. The zero-order valence-electron chi connectivity index (χ0n) is 21.1. The molecular weight excluding hydrogens is 521 g/mol. The van der Waals surface area contributed by atoms with Crippen LogP contribution in [0.2, 0.25) is 0 Å². The number of nitrogens with one attached hydrogen (secondary N) is 2. The first-order chi connectivity index (χ1) is 18.9. The molecule has 0 aliphatic carbocycles. The first-order valence-electron chi connectivity index (χ1n) is 12.5. The fourth-order valence-electron chi connectivity index (χ4n) is 4.22. The number of thioether (sulfide) groups is 1. The minimum Gasteiger partial charge on any atom is -0.467 e. The van der Waals surface area contributed by atoms with Crippen molar-refractivity contribution in [3.8, 4) is 0 Å². The van der Waals surface area contributed by atoms with Crippen molar-refractivity contribution in [3.05, 3.63) is 89.6 Å². The van der Waals surface area contributed by atoms with Gasteiger partial charge in [-0.25, -0.2) is 14.3 Å². The lowest BCUT2D eigenvalue weighted by Crippen LogP contribution is -2.43. The van der Waals surface area contributed by atoms with Crippen LogP contribution < -0.4 is 10.6 Å². The molecule has 2 atom stereocenters. The third-order valence-corrected chi connectivity index (χ3v) is 7.57. The van der Waals surface area contributed by atoms with E-state index in [1.54, 1.807) is 30.5 Å². The molecule has 3 heterocycles. The number of amides is 3. The summed E-state index contributed by atoms with van der Waals surface area (Å²) in [5.74, 6) is -0.252. The predicted octanol–water partition coefficient (Wildman–Crippen LogP) is 3.91. The van der Waals surface area contributed by atoms with Gasteiger partial charge in [0.1, 0.15) is 23.5 Å². The topological polar surface area (TPSA) is 116 Å². The number of halogens is 1. The highest BCUT2D eigenvalue weighted by molar-refractivity contribution is 8.15. The molecule has 2 aromatic carbocycles. The van der Waals surface area contributed by atoms with Crippen molar-refractivity contribution < 1.29 is 23.2 Å². The SMILES string of the molecule is CC[C@@H](SC1=Nc2ccccc2C2=N[C@H](CC(=O)NCc3ccc(F)cc3)C(=O)N12)C(=O)NCc1ccco1. The van der Waals surface area contributed by atoms with Crippen LogP contribution >= 0.6 is 11.8 Å². The Morgan fingerprint density at radius 1 is 1.08 bits per heavy atom. The third kappa shape index (κ3) is 5.93. The van der Waals surface area contributed by atoms with E-state index in [4.69, 9.17) is 4.42 Å². The first kappa shape index (κ1) is 26.4. The van der Waals surface area contributed by atoms with Crippen LogP contribution in [0.25, 0.3) is 0 Å². The lowest BCUT2D eigenvalue weighted by atomic mass is 10.1. The number of para-hydroxylation sites is 1.